The van der Waals surface area contributed by atoms with Gasteiger partial charge < -0.3 is 52.3 Å². The van der Waals surface area contributed by atoms with Crippen LogP contribution in [0.2, 0.25) is 0 Å². The summed E-state index contributed by atoms with van der Waals surface area (Å²) in [5.41, 5.74) is 7.22. The summed E-state index contributed by atoms with van der Waals surface area (Å²) < 4.78 is 57.5. The maximum Gasteiger partial charge on any atom is 0.409 e. The van der Waals surface area contributed by atoms with Gasteiger partial charge in [-0.2, -0.15) is 0 Å². The van der Waals surface area contributed by atoms with Gasteiger partial charge in [0.25, 0.3) is 0 Å². The summed E-state index contributed by atoms with van der Waals surface area (Å²) in [6.07, 6.45) is -0.365. The molecule has 0 radical (unpaired) electrons. The summed E-state index contributed by atoms with van der Waals surface area (Å²) in [6.45, 7) is 8.52. The summed E-state index contributed by atoms with van der Waals surface area (Å²) in [5, 5.41) is 0. The normalized spacial score (nSPS) is 12.3. The Bertz CT molecular complexity index is 1900. The molecule has 1 aliphatic rings. The van der Waals surface area contributed by atoms with Crippen LogP contribution in [0.5, 0.6) is 0 Å². The second-order valence-electron chi connectivity index (χ2n) is 15.3. The van der Waals surface area contributed by atoms with E-state index in [-0.39, 0.29) is 12.0 Å². The number of rotatable bonds is 33. The molecule has 0 aromatic heterocycles. The van der Waals surface area contributed by atoms with Crippen LogP contribution in [-0.2, 0) is 53.0 Å². The smallest absolute Gasteiger partial charge is 0.409 e. The fourth-order valence-corrected chi connectivity index (χ4v) is 7.66. The molecule has 0 fully saturated rings. The van der Waals surface area contributed by atoms with Gasteiger partial charge in [0, 0.05) is 19.5 Å². The van der Waals surface area contributed by atoms with Crippen molar-refractivity contribution in [3.8, 4) is 11.1 Å². The minimum atomic E-state index is -0.760. The Hall–Kier alpha value is -4.99. The van der Waals surface area contributed by atoms with Crippen molar-refractivity contribution < 1.29 is 52.2 Å². The van der Waals surface area contributed by atoms with E-state index < -0.39 is 5.60 Å². The topological polar surface area (TPSA) is 113 Å². The van der Waals surface area contributed by atoms with Gasteiger partial charge in [-0.3, -0.25) is 0 Å². The molecule has 0 saturated carbocycles. The van der Waals surface area contributed by atoms with E-state index in [1.165, 1.54) is 27.2 Å². The molecule has 1 aliphatic carbocycles. The second kappa shape index (κ2) is 28.8. The third-order valence-electron chi connectivity index (χ3n) is 10.9. The first-order valence-electron chi connectivity index (χ1n) is 22.7. The van der Waals surface area contributed by atoms with Crippen molar-refractivity contribution in [1.29, 1.82) is 0 Å². The standard InChI is InChI=1S/C53H65NO11/c1-54(52(55)64-43-51-49-23-13-11-21-47(49)48-22-12-14-24-50(48)51)25-26-56-27-28-57-29-30-58-31-32-59-33-34-60-35-36-61-37-38-62-39-40-63-41-42-65-53(44-15-5-2-6-16-44,45-17-7-3-8-18-45)46-19-9-4-10-20-46/h2-24,51H,25-43H2,1H3. The molecule has 0 unspecified atom stereocenters. The molecule has 5 aromatic carbocycles. The molecule has 1 amide bonds. The summed E-state index contributed by atoms with van der Waals surface area (Å²) in [5.74, 6) is 0.0347. The summed E-state index contributed by atoms with van der Waals surface area (Å²) >= 11 is 0. The molecule has 12 nitrogen and oxygen atoms in total. The maximum atomic E-state index is 12.7. The van der Waals surface area contributed by atoms with Crippen LogP contribution in [-0.4, -0.2) is 144 Å². The van der Waals surface area contributed by atoms with Gasteiger partial charge in [-0.25, -0.2) is 4.79 Å². The molecule has 0 spiro atoms. The molecular formula is C53H65NO11. The van der Waals surface area contributed by atoms with Gasteiger partial charge in [0.05, 0.1) is 112 Å². The molecule has 6 rings (SSSR count). The molecule has 0 heterocycles. The zero-order chi connectivity index (χ0) is 45.0. The highest BCUT2D eigenvalue weighted by atomic mass is 16.6. The maximum absolute atomic E-state index is 12.7. The van der Waals surface area contributed by atoms with E-state index in [0.29, 0.717) is 125 Å². The number of fused-ring (bicyclic) bond motifs is 3. The van der Waals surface area contributed by atoms with Crippen molar-refractivity contribution in [2.45, 2.75) is 11.5 Å². The predicted molar refractivity (Wildman–Crippen MR) is 249 cm³/mol. The minimum Gasteiger partial charge on any atom is -0.448 e. The first-order valence-corrected chi connectivity index (χ1v) is 22.7. The molecule has 0 saturated heterocycles. The van der Waals surface area contributed by atoms with Gasteiger partial charge in [0.2, 0.25) is 0 Å². The number of likely N-dealkylation sites (N-methyl/N-ethyl adjacent to an activating group) is 1. The lowest BCUT2D eigenvalue weighted by Gasteiger charge is -2.36. The van der Waals surface area contributed by atoms with Crippen LogP contribution in [0.3, 0.4) is 0 Å². The van der Waals surface area contributed by atoms with Crippen LogP contribution in [0.1, 0.15) is 33.7 Å². The molecule has 5 aromatic rings. The molecular weight excluding hydrogens is 827 g/mol. The van der Waals surface area contributed by atoms with Gasteiger partial charge in [-0.05, 0) is 38.9 Å². The van der Waals surface area contributed by atoms with Gasteiger partial charge >= 0.3 is 6.09 Å². The number of hydrogen-bond donors (Lipinski definition) is 0. The Labute approximate surface area is 384 Å². The van der Waals surface area contributed by atoms with Crippen molar-refractivity contribution in [3.63, 3.8) is 0 Å². The third-order valence-corrected chi connectivity index (χ3v) is 10.9. The lowest BCUT2D eigenvalue weighted by molar-refractivity contribution is -0.0398. The molecule has 348 valence electrons. The van der Waals surface area contributed by atoms with E-state index in [0.717, 1.165) is 16.7 Å². The summed E-state index contributed by atoms with van der Waals surface area (Å²) in [7, 11) is 1.72. The van der Waals surface area contributed by atoms with Crippen LogP contribution in [0, 0.1) is 0 Å². The third kappa shape index (κ3) is 15.6. The van der Waals surface area contributed by atoms with E-state index in [9.17, 15) is 4.79 Å². The van der Waals surface area contributed by atoms with Gasteiger partial charge in [0.1, 0.15) is 12.2 Å². The summed E-state index contributed by atoms with van der Waals surface area (Å²) in [6, 6.07) is 47.6. The average molecular weight is 892 g/mol. The minimum absolute atomic E-state index is 0.0347. The van der Waals surface area contributed by atoms with E-state index in [4.69, 9.17) is 47.4 Å². The molecule has 0 bridgehead atoms. The van der Waals surface area contributed by atoms with Crippen LogP contribution < -0.4 is 0 Å². The van der Waals surface area contributed by atoms with Crippen molar-refractivity contribution in [1.82, 2.24) is 4.90 Å². The zero-order valence-corrected chi connectivity index (χ0v) is 37.7. The first kappa shape index (κ1) is 49.4. The molecule has 0 atom stereocenters. The Morgan fingerprint density at radius 2 is 0.723 bits per heavy atom. The first-order chi connectivity index (χ1) is 32.2. The molecule has 0 N–H and O–H groups in total. The number of carbonyl (C=O) groups excluding carboxylic acids is 1. The molecule has 0 aliphatic heterocycles. The van der Waals surface area contributed by atoms with Crippen molar-refractivity contribution in [2.75, 3.05) is 133 Å². The Morgan fingerprint density at radius 1 is 0.415 bits per heavy atom. The van der Waals surface area contributed by atoms with Gasteiger partial charge in [-0.1, -0.05) is 140 Å². The number of ether oxygens (including phenoxy) is 10. The Morgan fingerprint density at radius 3 is 1.09 bits per heavy atom. The fraction of sp³-hybridized carbons (Fsp3) is 0.415. The lowest BCUT2D eigenvalue weighted by atomic mass is 9.80. The number of carbonyl (C=O) groups is 1. The van der Waals surface area contributed by atoms with E-state index in [2.05, 4.69) is 60.7 Å². The van der Waals surface area contributed by atoms with Crippen LogP contribution in [0.25, 0.3) is 11.1 Å². The van der Waals surface area contributed by atoms with E-state index in [1.54, 1.807) is 7.05 Å². The highest BCUT2D eigenvalue weighted by Gasteiger charge is 2.37. The van der Waals surface area contributed by atoms with Crippen molar-refractivity contribution in [3.05, 3.63) is 167 Å². The van der Waals surface area contributed by atoms with E-state index >= 15 is 0 Å². The second-order valence-corrected chi connectivity index (χ2v) is 15.3. The van der Waals surface area contributed by atoms with Crippen molar-refractivity contribution >= 4 is 6.09 Å². The number of nitrogens with zero attached hydrogens (tertiary/aromatic N) is 1. The number of benzene rings is 5. The lowest BCUT2D eigenvalue weighted by Crippen LogP contribution is -2.34. The number of amides is 1. The zero-order valence-electron chi connectivity index (χ0n) is 37.7. The van der Waals surface area contributed by atoms with Crippen LogP contribution in [0.4, 0.5) is 4.79 Å². The average Bonchev–Trinajstić information content (AvgIpc) is 3.68. The molecule has 65 heavy (non-hydrogen) atoms. The van der Waals surface area contributed by atoms with Gasteiger partial charge in [0.15, 0.2) is 0 Å². The number of hydrogen-bond acceptors (Lipinski definition) is 11. The molecule has 12 heteroatoms. The highest BCUT2D eigenvalue weighted by molar-refractivity contribution is 5.79. The van der Waals surface area contributed by atoms with E-state index in [1.807, 2.05) is 78.9 Å². The quantitative estimate of drug-likeness (QED) is 0.0302. The van der Waals surface area contributed by atoms with Crippen molar-refractivity contribution in [2.24, 2.45) is 0 Å². The summed E-state index contributed by atoms with van der Waals surface area (Å²) in [4.78, 5) is 14.2. The largest absolute Gasteiger partial charge is 0.448 e. The SMILES string of the molecule is CN(CCOCCOCCOCCOCCOCCOCCOCCOCCOC(c1ccccc1)(c1ccccc1)c1ccccc1)C(=O)OCC1c2ccccc2-c2ccccc21. The Balaban J connectivity index is 0.672. The highest BCUT2D eigenvalue weighted by Crippen LogP contribution is 2.44. The van der Waals surface area contributed by atoms with Crippen LogP contribution >= 0.6 is 0 Å². The fourth-order valence-electron chi connectivity index (χ4n) is 7.66. The predicted octanol–water partition coefficient (Wildman–Crippen LogP) is 8.01. The van der Waals surface area contributed by atoms with Crippen LogP contribution in [0.15, 0.2) is 140 Å². The monoisotopic (exact) mass is 891 g/mol. The Kier molecular flexibility index (Phi) is 21.9. The van der Waals surface area contributed by atoms with Gasteiger partial charge in [-0.15, -0.1) is 0 Å².